The molecule has 0 saturated heterocycles. The molecule has 2 aromatic rings. The molecule has 0 bridgehead atoms. The third-order valence-corrected chi connectivity index (χ3v) is 2.82. The zero-order chi connectivity index (χ0) is 15.5. The third kappa shape index (κ3) is 3.78. The minimum atomic E-state index is -4.40. The first kappa shape index (κ1) is 15.0. The van der Waals surface area contributed by atoms with Crippen molar-refractivity contribution in [1.29, 1.82) is 0 Å². The predicted molar refractivity (Wildman–Crippen MR) is 74.2 cm³/mol. The molecule has 0 unspecified atom stereocenters. The van der Waals surface area contributed by atoms with Gasteiger partial charge in [0, 0.05) is 5.56 Å². The van der Waals surface area contributed by atoms with E-state index in [2.05, 4.69) is 0 Å². The second-order valence-corrected chi connectivity index (χ2v) is 4.33. The summed E-state index contributed by atoms with van der Waals surface area (Å²) < 4.78 is 43.2. The summed E-state index contributed by atoms with van der Waals surface area (Å²) in [6.07, 6.45) is -2.86. The lowest BCUT2D eigenvalue weighted by molar-refractivity contribution is -0.137. The van der Waals surface area contributed by atoms with E-state index in [-0.39, 0.29) is 11.5 Å². The van der Waals surface area contributed by atoms with Crippen LogP contribution in [-0.4, -0.2) is 5.11 Å². The highest BCUT2D eigenvalue weighted by atomic mass is 19.4. The van der Waals surface area contributed by atoms with Gasteiger partial charge in [-0.3, -0.25) is 0 Å². The first-order valence-electron chi connectivity index (χ1n) is 6.21. The molecule has 0 radical (unpaired) electrons. The standard InChI is InChI=1S/C16H13F3O2/c1-2-15(20)11-6-8-13(9-7-11)21-14-5-3-4-12(10-14)16(17,18)19/h2-10,20H,1H3. The van der Waals surface area contributed by atoms with Crippen LogP contribution in [0.15, 0.2) is 54.6 Å². The molecule has 0 aliphatic rings. The Morgan fingerprint density at radius 1 is 1.05 bits per heavy atom. The zero-order valence-electron chi connectivity index (χ0n) is 11.2. The molecule has 0 aliphatic carbocycles. The maximum atomic E-state index is 12.6. The molecule has 1 N–H and O–H groups in total. The molecule has 0 fully saturated rings. The Bertz CT molecular complexity index is 643. The molecular weight excluding hydrogens is 281 g/mol. The fourth-order valence-electron chi connectivity index (χ4n) is 1.73. The van der Waals surface area contributed by atoms with Crippen LogP contribution in [0.2, 0.25) is 0 Å². The lowest BCUT2D eigenvalue weighted by Crippen LogP contribution is -2.04. The van der Waals surface area contributed by atoms with Crippen molar-refractivity contribution in [2.75, 3.05) is 0 Å². The van der Waals surface area contributed by atoms with E-state index in [9.17, 15) is 18.3 Å². The van der Waals surface area contributed by atoms with Crippen LogP contribution in [-0.2, 0) is 6.18 Å². The molecule has 110 valence electrons. The maximum absolute atomic E-state index is 12.6. The number of aliphatic hydroxyl groups is 1. The van der Waals surface area contributed by atoms with Crippen LogP contribution >= 0.6 is 0 Å². The fraction of sp³-hybridized carbons (Fsp3) is 0.125. The molecule has 2 nitrogen and oxygen atoms in total. The van der Waals surface area contributed by atoms with E-state index in [0.29, 0.717) is 11.3 Å². The van der Waals surface area contributed by atoms with Crippen molar-refractivity contribution in [1.82, 2.24) is 0 Å². The first-order chi connectivity index (χ1) is 9.90. The Labute approximate surface area is 120 Å². The summed E-state index contributed by atoms with van der Waals surface area (Å²) in [5.41, 5.74) is -0.155. The van der Waals surface area contributed by atoms with Gasteiger partial charge in [-0.05, 0) is 55.5 Å². The molecule has 0 atom stereocenters. The van der Waals surface area contributed by atoms with Crippen molar-refractivity contribution in [3.8, 4) is 11.5 Å². The summed E-state index contributed by atoms with van der Waals surface area (Å²) in [5, 5.41) is 9.53. The van der Waals surface area contributed by atoms with E-state index in [1.807, 2.05) is 0 Å². The van der Waals surface area contributed by atoms with Gasteiger partial charge in [-0.25, -0.2) is 0 Å². The monoisotopic (exact) mass is 294 g/mol. The highest BCUT2D eigenvalue weighted by Gasteiger charge is 2.30. The second-order valence-electron chi connectivity index (χ2n) is 4.33. The quantitative estimate of drug-likeness (QED) is 0.766. The van der Waals surface area contributed by atoms with Crippen molar-refractivity contribution < 1.29 is 23.0 Å². The van der Waals surface area contributed by atoms with Gasteiger partial charge in [0.2, 0.25) is 0 Å². The maximum Gasteiger partial charge on any atom is 0.416 e. The van der Waals surface area contributed by atoms with Crippen LogP contribution in [0.1, 0.15) is 18.1 Å². The summed E-state index contributed by atoms with van der Waals surface area (Å²) >= 11 is 0. The largest absolute Gasteiger partial charge is 0.508 e. The van der Waals surface area contributed by atoms with Crippen LogP contribution < -0.4 is 4.74 Å². The van der Waals surface area contributed by atoms with Crippen molar-refractivity contribution >= 4 is 5.76 Å². The topological polar surface area (TPSA) is 29.5 Å². The second kappa shape index (κ2) is 5.91. The van der Waals surface area contributed by atoms with Gasteiger partial charge in [0.1, 0.15) is 17.3 Å². The van der Waals surface area contributed by atoms with Crippen molar-refractivity contribution in [3.05, 3.63) is 65.7 Å². The van der Waals surface area contributed by atoms with E-state index in [1.165, 1.54) is 12.1 Å². The Hall–Kier alpha value is -2.43. The zero-order valence-corrected chi connectivity index (χ0v) is 11.2. The molecule has 0 spiro atoms. The molecular formula is C16H13F3O2. The van der Waals surface area contributed by atoms with Gasteiger partial charge in [0.05, 0.1) is 5.56 Å². The Kier molecular flexibility index (Phi) is 4.21. The van der Waals surface area contributed by atoms with E-state index in [0.717, 1.165) is 12.1 Å². The van der Waals surface area contributed by atoms with Gasteiger partial charge in [0.15, 0.2) is 0 Å². The highest BCUT2D eigenvalue weighted by Crippen LogP contribution is 2.32. The normalized spacial score (nSPS) is 12.3. The number of rotatable bonds is 3. The highest BCUT2D eigenvalue weighted by molar-refractivity contribution is 5.58. The smallest absolute Gasteiger partial charge is 0.416 e. The minimum absolute atomic E-state index is 0.104. The summed E-state index contributed by atoms with van der Waals surface area (Å²) in [4.78, 5) is 0. The van der Waals surface area contributed by atoms with E-state index < -0.39 is 11.7 Å². The summed E-state index contributed by atoms with van der Waals surface area (Å²) in [6, 6.07) is 11.1. The van der Waals surface area contributed by atoms with E-state index in [4.69, 9.17) is 4.74 Å². The van der Waals surface area contributed by atoms with Gasteiger partial charge in [-0.2, -0.15) is 13.2 Å². The molecule has 0 aliphatic heterocycles. The van der Waals surface area contributed by atoms with Gasteiger partial charge in [-0.15, -0.1) is 0 Å². The fourth-order valence-corrected chi connectivity index (χ4v) is 1.73. The van der Waals surface area contributed by atoms with Gasteiger partial charge >= 0.3 is 6.18 Å². The van der Waals surface area contributed by atoms with Crippen LogP contribution in [0.4, 0.5) is 13.2 Å². The van der Waals surface area contributed by atoms with Crippen molar-refractivity contribution in [2.24, 2.45) is 0 Å². The molecule has 0 saturated carbocycles. The van der Waals surface area contributed by atoms with E-state index in [1.54, 1.807) is 37.3 Å². The Morgan fingerprint density at radius 2 is 1.71 bits per heavy atom. The third-order valence-electron chi connectivity index (χ3n) is 2.82. The number of hydrogen-bond acceptors (Lipinski definition) is 2. The number of allylic oxidation sites excluding steroid dienone is 1. The molecule has 2 rings (SSSR count). The lowest BCUT2D eigenvalue weighted by Gasteiger charge is -2.10. The summed E-state index contributed by atoms with van der Waals surface area (Å²) in [5.74, 6) is 0.621. The molecule has 5 heteroatoms. The molecule has 21 heavy (non-hydrogen) atoms. The summed E-state index contributed by atoms with van der Waals surface area (Å²) in [7, 11) is 0. The first-order valence-corrected chi connectivity index (χ1v) is 6.21. The van der Waals surface area contributed by atoms with Crippen molar-refractivity contribution in [3.63, 3.8) is 0 Å². The van der Waals surface area contributed by atoms with Crippen LogP contribution in [0.3, 0.4) is 0 Å². The number of benzene rings is 2. The van der Waals surface area contributed by atoms with Crippen LogP contribution in [0.5, 0.6) is 11.5 Å². The number of halogens is 3. The average Bonchev–Trinajstić information content (AvgIpc) is 2.47. The summed E-state index contributed by atoms with van der Waals surface area (Å²) in [6.45, 7) is 1.70. The lowest BCUT2D eigenvalue weighted by atomic mass is 10.1. The van der Waals surface area contributed by atoms with Gasteiger partial charge in [0.25, 0.3) is 0 Å². The van der Waals surface area contributed by atoms with Crippen molar-refractivity contribution in [2.45, 2.75) is 13.1 Å². The van der Waals surface area contributed by atoms with E-state index >= 15 is 0 Å². The number of hydrogen-bond donors (Lipinski definition) is 1. The number of ether oxygens (including phenoxy) is 1. The molecule has 0 aromatic heterocycles. The predicted octanol–water partition coefficient (Wildman–Crippen LogP) is 5.42. The van der Waals surface area contributed by atoms with Crippen LogP contribution in [0.25, 0.3) is 5.76 Å². The SMILES string of the molecule is CC=C(O)c1ccc(Oc2cccc(C(F)(F)F)c2)cc1. The van der Waals surface area contributed by atoms with Crippen LogP contribution in [0, 0.1) is 0 Å². The Morgan fingerprint density at radius 3 is 2.29 bits per heavy atom. The Balaban J connectivity index is 2.19. The molecule has 0 heterocycles. The van der Waals surface area contributed by atoms with Gasteiger partial charge in [-0.1, -0.05) is 6.07 Å². The van der Waals surface area contributed by atoms with Gasteiger partial charge < -0.3 is 9.84 Å². The average molecular weight is 294 g/mol. The number of alkyl halides is 3. The molecule has 0 amide bonds. The minimum Gasteiger partial charge on any atom is -0.508 e. The molecule has 2 aromatic carbocycles. The number of aliphatic hydroxyl groups excluding tert-OH is 1.